The van der Waals surface area contributed by atoms with Crippen molar-refractivity contribution in [2.24, 2.45) is 5.73 Å². The summed E-state index contributed by atoms with van der Waals surface area (Å²) in [6.07, 6.45) is 4.81. The highest BCUT2D eigenvalue weighted by molar-refractivity contribution is 7.90. The summed E-state index contributed by atoms with van der Waals surface area (Å²) in [5.41, 5.74) is 6.58. The summed E-state index contributed by atoms with van der Waals surface area (Å²) in [5, 5.41) is 9.26. The van der Waals surface area contributed by atoms with Gasteiger partial charge in [0.05, 0.1) is 11.0 Å². The van der Waals surface area contributed by atoms with Gasteiger partial charge in [0, 0.05) is 0 Å². The van der Waals surface area contributed by atoms with Crippen molar-refractivity contribution in [3.05, 3.63) is 29.8 Å². The lowest BCUT2D eigenvalue weighted by Crippen LogP contribution is -2.48. The SMILES string of the molecule is C[C@@H](O)[C@H](N)C(=O)NS(=O)(=O)c1ccc(C2CCCCC2)cc1. The van der Waals surface area contributed by atoms with Gasteiger partial charge in [-0.15, -0.1) is 0 Å². The van der Waals surface area contributed by atoms with Crippen LogP contribution < -0.4 is 10.5 Å². The van der Waals surface area contributed by atoms with Crippen LogP contribution in [0, 0.1) is 0 Å². The second kappa shape index (κ2) is 7.42. The average molecular weight is 340 g/mol. The van der Waals surface area contributed by atoms with Crippen molar-refractivity contribution in [2.75, 3.05) is 0 Å². The molecule has 1 fully saturated rings. The Kier molecular flexibility index (Phi) is 5.78. The van der Waals surface area contributed by atoms with Crippen LogP contribution in [0.2, 0.25) is 0 Å². The third kappa shape index (κ3) is 4.53. The lowest BCUT2D eigenvalue weighted by molar-refractivity contribution is -0.122. The number of aliphatic hydroxyl groups is 1. The molecule has 0 aromatic heterocycles. The lowest BCUT2D eigenvalue weighted by atomic mass is 9.84. The van der Waals surface area contributed by atoms with Gasteiger partial charge in [-0.3, -0.25) is 4.79 Å². The molecule has 0 radical (unpaired) electrons. The van der Waals surface area contributed by atoms with Crippen LogP contribution in [0.4, 0.5) is 0 Å². The van der Waals surface area contributed by atoms with E-state index in [1.807, 2.05) is 16.9 Å². The Balaban J connectivity index is 2.09. The number of amides is 1. The van der Waals surface area contributed by atoms with Crippen LogP contribution in [0.15, 0.2) is 29.2 Å². The first kappa shape index (κ1) is 17.9. The molecule has 7 heteroatoms. The van der Waals surface area contributed by atoms with Crippen molar-refractivity contribution in [3.8, 4) is 0 Å². The summed E-state index contributed by atoms with van der Waals surface area (Å²) in [4.78, 5) is 11.7. The number of rotatable bonds is 5. The molecule has 0 spiro atoms. The molecule has 0 heterocycles. The fourth-order valence-corrected chi connectivity index (χ4v) is 3.85. The Hall–Kier alpha value is -1.44. The Labute approximate surface area is 137 Å². The zero-order valence-electron chi connectivity index (χ0n) is 13.2. The van der Waals surface area contributed by atoms with E-state index in [0.29, 0.717) is 5.92 Å². The van der Waals surface area contributed by atoms with Crippen LogP contribution in [0.3, 0.4) is 0 Å². The minimum absolute atomic E-state index is 0.0169. The fourth-order valence-electron chi connectivity index (χ4n) is 2.83. The summed E-state index contributed by atoms with van der Waals surface area (Å²) in [5.74, 6) is -0.435. The molecule has 2 rings (SSSR count). The highest BCUT2D eigenvalue weighted by Gasteiger charge is 2.25. The highest BCUT2D eigenvalue weighted by Crippen LogP contribution is 2.32. The van der Waals surface area contributed by atoms with Crippen LogP contribution in [0.5, 0.6) is 0 Å². The second-order valence-corrected chi connectivity index (χ2v) is 7.82. The predicted octanol–water partition coefficient (Wildman–Crippen LogP) is 1.25. The molecule has 1 saturated carbocycles. The van der Waals surface area contributed by atoms with Crippen molar-refractivity contribution in [2.45, 2.75) is 62.0 Å². The normalized spacial score (nSPS) is 19.1. The molecule has 6 nitrogen and oxygen atoms in total. The molecule has 0 bridgehead atoms. The molecule has 128 valence electrons. The number of aliphatic hydroxyl groups excluding tert-OH is 1. The minimum Gasteiger partial charge on any atom is -0.391 e. The molecule has 1 aliphatic rings. The number of hydrogen-bond donors (Lipinski definition) is 3. The maximum Gasteiger partial charge on any atom is 0.264 e. The van der Waals surface area contributed by atoms with E-state index in [0.717, 1.165) is 18.4 Å². The molecule has 0 aliphatic heterocycles. The fraction of sp³-hybridized carbons (Fsp3) is 0.562. The number of benzene rings is 1. The number of hydrogen-bond acceptors (Lipinski definition) is 5. The topological polar surface area (TPSA) is 109 Å². The van der Waals surface area contributed by atoms with E-state index in [9.17, 15) is 18.3 Å². The summed E-state index contributed by atoms with van der Waals surface area (Å²) >= 11 is 0. The molecular weight excluding hydrogens is 316 g/mol. The molecule has 1 aliphatic carbocycles. The van der Waals surface area contributed by atoms with E-state index in [2.05, 4.69) is 0 Å². The monoisotopic (exact) mass is 340 g/mol. The van der Waals surface area contributed by atoms with Gasteiger partial charge >= 0.3 is 0 Å². The lowest BCUT2D eigenvalue weighted by Gasteiger charge is -2.22. The Morgan fingerprint density at radius 2 is 1.78 bits per heavy atom. The van der Waals surface area contributed by atoms with E-state index in [-0.39, 0.29) is 4.90 Å². The molecular formula is C16H24N2O4S. The van der Waals surface area contributed by atoms with E-state index >= 15 is 0 Å². The third-order valence-electron chi connectivity index (χ3n) is 4.32. The molecule has 0 saturated heterocycles. The zero-order valence-corrected chi connectivity index (χ0v) is 14.1. The number of nitrogens with one attached hydrogen (secondary N) is 1. The number of sulfonamides is 1. The van der Waals surface area contributed by atoms with Crippen molar-refractivity contribution in [1.82, 2.24) is 4.72 Å². The maximum absolute atomic E-state index is 12.2. The molecule has 1 amide bonds. The largest absolute Gasteiger partial charge is 0.391 e. The highest BCUT2D eigenvalue weighted by atomic mass is 32.2. The van der Waals surface area contributed by atoms with Crippen molar-refractivity contribution < 1.29 is 18.3 Å². The number of carbonyl (C=O) groups excluding carboxylic acids is 1. The average Bonchev–Trinajstić information content (AvgIpc) is 2.54. The molecule has 4 N–H and O–H groups in total. The molecule has 1 aromatic rings. The predicted molar refractivity (Wildman–Crippen MR) is 87.3 cm³/mol. The van der Waals surface area contributed by atoms with Gasteiger partial charge in [-0.05, 0) is 43.4 Å². The van der Waals surface area contributed by atoms with Gasteiger partial charge in [0.2, 0.25) is 0 Å². The zero-order chi connectivity index (χ0) is 17.0. The standard InChI is InChI=1S/C16H24N2O4S/c1-11(19)15(17)16(20)18-23(21,22)14-9-7-13(8-10-14)12-5-3-2-4-6-12/h7-12,15,19H,2-6,17H2,1H3,(H,18,20)/t11-,15+/m1/s1. The van der Waals surface area contributed by atoms with Crippen LogP contribution in [0.1, 0.15) is 50.5 Å². The third-order valence-corrected chi connectivity index (χ3v) is 5.69. The van der Waals surface area contributed by atoms with Crippen LogP contribution in [-0.4, -0.2) is 31.6 Å². The Morgan fingerprint density at radius 3 is 2.30 bits per heavy atom. The van der Waals surface area contributed by atoms with E-state index in [1.165, 1.54) is 38.3 Å². The molecule has 2 atom stereocenters. The van der Waals surface area contributed by atoms with Gasteiger partial charge in [0.1, 0.15) is 6.04 Å². The number of nitrogens with two attached hydrogens (primary N) is 1. The number of carbonyl (C=O) groups is 1. The summed E-state index contributed by atoms with van der Waals surface area (Å²) in [6, 6.07) is 5.35. The first-order valence-electron chi connectivity index (χ1n) is 7.91. The Bertz CT molecular complexity index is 635. The van der Waals surface area contributed by atoms with Crippen LogP contribution in [-0.2, 0) is 14.8 Å². The van der Waals surface area contributed by atoms with Crippen molar-refractivity contribution >= 4 is 15.9 Å². The Morgan fingerprint density at radius 1 is 1.22 bits per heavy atom. The van der Waals surface area contributed by atoms with Gasteiger partial charge in [-0.2, -0.15) is 0 Å². The maximum atomic E-state index is 12.2. The molecule has 1 aromatic carbocycles. The summed E-state index contributed by atoms with van der Waals surface area (Å²) < 4.78 is 26.3. The van der Waals surface area contributed by atoms with Crippen LogP contribution in [0.25, 0.3) is 0 Å². The first-order chi connectivity index (χ1) is 10.8. The van der Waals surface area contributed by atoms with E-state index in [4.69, 9.17) is 5.73 Å². The summed E-state index contributed by atoms with van der Waals surface area (Å²) in [6.45, 7) is 1.33. The molecule has 0 unspecified atom stereocenters. The second-order valence-electron chi connectivity index (χ2n) is 6.14. The quantitative estimate of drug-likeness (QED) is 0.747. The van der Waals surface area contributed by atoms with Gasteiger partial charge in [-0.1, -0.05) is 31.4 Å². The van der Waals surface area contributed by atoms with E-state index < -0.39 is 28.1 Å². The van der Waals surface area contributed by atoms with Gasteiger partial charge < -0.3 is 10.8 Å². The van der Waals surface area contributed by atoms with Gasteiger partial charge in [-0.25, -0.2) is 13.1 Å². The molecule has 23 heavy (non-hydrogen) atoms. The van der Waals surface area contributed by atoms with Gasteiger partial charge in [0.25, 0.3) is 15.9 Å². The van der Waals surface area contributed by atoms with Crippen LogP contribution >= 0.6 is 0 Å². The first-order valence-corrected chi connectivity index (χ1v) is 9.40. The summed E-state index contributed by atoms with van der Waals surface area (Å²) in [7, 11) is -3.98. The van der Waals surface area contributed by atoms with Gasteiger partial charge in [0.15, 0.2) is 0 Å². The van der Waals surface area contributed by atoms with E-state index in [1.54, 1.807) is 0 Å². The van der Waals surface area contributed by atoms with Crippen molar-refractivity contribution in [3.63, 3.8) is 0 Å². The minimum atomic E-state index is -3.98. The van der Waals surface area contributed by atoms with Crippen molar-refractivity contribution in [1.29, 1.82) is 0 Å². The smallest absolute Gasteiger partial charge is 0.264 e.